The molecule has 0 aromatic heterocycles. The molecule has 0 saturated heterocycles. The van der Waals surface area contributed by atoms with E-state index in [1.807, 2.05) is 0 Å². The van der Waals surface area contributed by atoms with Gasteiger partial charge in [0.2, 0.25) is 12.3 Å². The van der Waals surface area contributed by atoms with Crippen LogP contribution in [0.2, 0.25) is 0 Å². The summed E-state index contributed by atoms with van der Waals surface area (Å²) < 4.78 is 0. The van der Waals surface area contributed by atoms with Crippen molar-refractivity contribution < 1.29 is 19.5 Å². The molecule has 1 rings (SSSR count). The van der Waals surface area contributed by atoms with E-state index in [1.54, 1.807) is 0 Å². The van der Waals surface area contributed by atoms with Crippen molar-refractivity contribution in [1.82, 2.24) is 10.6 Å². The predicted molar refractivity (Wildman–Crippen MR) is 82.1 cm³/mol. The lowest BCUT2D eigenvalue weighted by Gasteiger charge is -2.26. The minimum Gasteiger partial charge on any atom is -0.480 e. The summed E-state index contributed by atoms with van der Waals surface area (Å²) in [5.74, 6) is 0.566. The zero-order chi connectivity index (χ0) is 15.7. The minimum atomic E-state index is -1.05. The van der Waals surface area contributed by atoms with Crippen LogP contribution in [-0.2, 0) is 14.4 Å². The first-order chi connectivity index (χ1) is 10.0. The van der Waals surface area contributed by atoms with Gasteiger partial charge < -0.3 is 15.7 Å². The van der Waals surface area contributed by atoms with Crippen LogP contribution in [0.5, 0.6) is 0 Å². The molecule has 0 bridgehead atoms. The number of amides is 2. The average Bonchev–Trinajstić information content (AvgIpc) is 2.44. The van der Waals surface area contributed by atoms with Crippen LogP contribution in [0.4, 0.5) is 0 Å². The number of hydrogen-bond donors (Lipinski definition) is 3. The number of carboxylic acid groups (broad SMARTS) is 1. The Bertz CT molecular complexity index is 357. The van der Waals surface area contributed by atoms with Crippen molar-refractivity contribution in [2.24, 2.45) is 5.92 Å². The van der Waals surface area contributed by atoms with Crippen LogP contribution in [0.1, 0.15) is 39.0 Å². The summed E-state index contributed by atoms with van der Waals surface area (Å²) in [6.07, 6.45) is 5.11. The van der Waals surface area contributed by atoms with Crippen LogP contribution >= 0.6 is 11.8 Å². The molecule has 0 aromatic rings. The second-order valence-corrected chi connectivity index (χ2v) is 6.65. The molecule has 1 aliphatic carbocycles. The molecule has 2 amide bonds. The molecule has 1 atom stereocenters. The van der Waals surface area contributed by atoms with Crippen LogP contribution in [0.15, 0.2) is 0 Å². The van der Waals surface area contributed by atoms with E-state index in [0.29, 0.717) is 24.3 Å². The highest BCUT2D eigenvalue weighted by Crippen LogP contribution is 2.23. The molecule has 0 heterocycles. The summed E-state index contributed by atoms with van der Waals surface area (Å²) in [6.45, 7) is 2.24. The van der Waals surface area contributed by atoms with Gasteiger partial charge in [-0.15, -0.1) is 0 Å². The fraction of sp³-hybridized carbons (Fsp3) is 0.786. The number of aliphatic carboxylic acids is 1. The zero-order valence-corrected chi connectivity index (χ0v) is 13.2. The molecule has 0 spiro atoms. The Morgan fingerprint density at radius 1 is 1.33 bits per heavy atom. The van der Waals surface area contributed by atoms with Crippen molar-refractivity contribution in [3.05, 3.63) is 0 Å². The maximum atomic E-state index is 11.8. The number of rotatable bonds is 9. The maximum Gasteiger partial charge on any atom is 0.326 e. The summed E-state index contributed by atoms with van der Waals surface area (Å²) in [6, 6.07) is -0.587. The Kier molecular flexibility index (Phi) is 8.19. The number of carboxylic acids is 1. The van der Waals surface area contributed by atoms with E-state index < -0.39 is 12.0 Å². The van der Waals surface area contributed by atoms with Crippen LogP contribution in [-0.4, -0.2) is 47.0 Å². The molecule has 1 unspecified atom stereocenters. The number of carbonyl (C=O) groups is 3. The summed E-state index contributed by atoms with van der Waals surface area (Å²) in [5, 5.41) is 14.1. The first kappa shape index (κ1) is 17.8. The number of thioether (sulfide) groups is 1. The molecule has 21 heavy (non-hydrogen) atoms. The van der Waals surface area contributed by atoms with Gasteiger partial charge >= 0.3 is 5.97 Å². The maximum absolute atomic E-state index is 11.8. The van der Waals surface area contributed by atoms with E-state index in [4.69, 9.17) is 5.11 Å². The second-order valence-electron chi connectivity index (χ2n) is 5.54. The molecule has 1 saturated carbocycles. The van der Waals surface area contributed by atoms with E-state index in [-0.39, 0.29) is 11.9 Å². The molecule has 7 heteroatoms. The summed E-state index contributed by atoms with van der Waals surface area (Å²) >= 11 is 1.39. The SMILES string of the molecule is CC1CCC(NC(=O)CSCCC(NC=O)C(=O)O)CC1. The predicted octanol–water partition coefficient (Wildman–Crippen LogP) is 1.00. The van der Waals surface area contributed by atoms with Crippen LogP contribution in [0.25, 0.3) is 0 Å². The molecular formula is C14H24N2O4S. The van der Waals surface area contributed by atoms with Crippen molar-refractivity contribution in [3.63, 3.8) is 0 Å². The second kappa shape index (κ2) is 9.65. The lowest BCUT2D eigenvalue weighted by atomic mass is 9.87. The van der Waals surface area contributed by atoms with Crippen LogP contribution < -0.4 is 10.6 Å². The Balaban J connectivity index is 2.12. The molecule has 120 valence electrons. The summed E-state index contributed by atoms with van der Waals surface area (Å²) in [5.41, 5.74) is 0. The molecular weight excluding hydrogens is 292 g/mol. The first-order valence-electron chi connectivity index (χ1n) is 7.32. The van der Waals surface area contributed by atoms with Gasteiger partial charge in [0.25, 0.3) is 0 Å². The van der Waals surface area contributed by atoms with Crippen molar-refractivity contribution in [1.29, 1.82) is 0 Å². The largest absolute Gasteiger partial charge is 0.480 e. The normalized spacial score (nSPS) is 23.1. The first-order valence-corrected chi connectivity index (χ1v) is 8.48. The zero-order valence-electron chi connectivity index (χ0n) is 12.3. The smallest absolute Gasteiger partial charge is 0.326 e. The van der Waals surface area contributed by atoms with Gasteiger partial charge in [-0.25, -0.2) is 4.79 Å². The lowest BCUT2D eigenvalue weighted by molar-refractivity contribution is -0.140. The monoisotopic (exact) mass is 316 g/mol. The molecule has 1 aliphatic rings. The third-order valence-corrected chi connectivity index (χ3v) is 4.72. The van der Waals surface area contributed by atoms with E-state index in [0.717, 1.165) is 31.6 Å². The molecule has 3 N–H and O–H groups in total. The van der Waals surface area contributed by atoms with Gasteiger partial charge in [0.05, 0.1) is 5.75 Å². The van der Waals surface area contributed by atoms with E-state index >= 15 is 0 Å². The Morgan fingerprint density at radius 2 is 2.00 bits per heavy atom. The molecule has 0 radical (unpaired) electrons. The van der Waals surface area contributed by atoms with Crippen LogP contribution in [0, 0.1) is 5.92 Å². The van der Waals surface area contributed by atoms with Crippen molar-refractivity contribution in [2.45, 2.75) is 51.1 Å². The Labute approximate surface area is 129 Å². The fourth-order valence-electron chi connectivity index (χ4n) is 2.40. The molecule has 6 nitrogen and oxygen atoms in total. The fourth-order valence-corrected chi connectivity index (χ4v) is 3.22. The van der Waals surface area contributed by atoms with E-state index in [9.17, 15) is 14.4 Å². The van der Waals surface area contributed by atoms with E-state index in [1.165, 1.54) is 11.8 Å². The third-order valence-electron chi connectivity index (χ3n) is 3.73. The standard InChI is InChI=1S/C14H24N2O4S/c1-10-2-4-11(5-3-10)16-13(18)8-21-7-6-12(14(19)20)15-9-17/h9-12H,2-8H2,1H3,(H,15,17)(H,16,18)(H,19,20). The van der Waals surface area contributed by atoms with Crippen molar-refractivity contribution >= 4 is 30.0 Å². The van der Waals surface area contributed by atoms with Crippen LogP contribution in [0.3, 0.4) is 0 Å². The number of carbonyl (C=O) groups excluding carboxylic acids is 2. The average molecular weight is 316 g/mol. The summed E-state index contributed by atoms with van der Waals surface area (Å²) in [4.78, 5) is 32.8. The minimum absolute atomic E-state index is 0.00905. The lowest BCUT2D eigenvalue weighted by Crippen LogP contribution is -2.38. The Morgan fingerprint density at radius 3 is 2.57 bits per heavy atom. The van der Waals surface area contributed by atoms with Gasteiger partial charge in [-0.05, 0) is 43.8 Å². The van der Waals surface area contributed by atoms with Gasteiger partial charge in [0, 0.05) is 6.04 Å². The van der Waals surface area contributed by atoms with Crippen molar-refractivity contribution in [3.8, 4) is 0 Å². The van der Waals surface area contributed by atoms with Gasteiger partial charge in [-0.2, -0.15) is 11.8 Å². The summed E-state index contributed by atoms with van der Waals surface area (Å²) in [7, 11) is 0. The molecule has 0 aliphatic heterocycles. The highest BCUT2D eigenvalue weighted by Gasteiger charge is 2.20. The third kappa shape index (κ3) is 7.36. The number of nitrogens with one attached hydrogen (secondary N) is 2. The highest BCUT2D eigenvalue weighted by atomic mass is 32.2. The topological polar surface area (TPSA) is 95.5 Å². The molecule has 1 fully saturated rings. The number of hydrogen-bond acceptors (Lipinski definition) is 4. The van der Waals surface area contributed by atoms with Gasteiger partial charge in [-0.1, -0.05) is 6.92 Å². The molecule has 0 aromatic carbocycles. The Hall–Kier alpha value is -1.24. The van der Waals surface area contributed by atoms with E-state index in [2.05, 4.69) is 17.6 Å². The van der Waals surface area contributed by atoms with Gasteiger partial charge in [-0.3, -0.25) is 9.59 Å². The van der Waals surface area contributed by atoms with Gasteiger partial charge in [0.1, 0.15) is 6.04 Å². The van der Waals surface area contributed by atoms with Crippen molar-refractivity contribution in [2.75, 3.05) is 11.5 Å². The quantitative estimate of drug-likeness (QED) is 0.436. The highest BCUT2D eigenvalue weighted by molar-refractivity contribution is 7.99. The van der Waals surface area contributed by atoms with Gasteiger partial charge in [0.15, 0.2) is 0 Å².